The number of hydrogen-bond acceptors (Lipinski definition) is 2. The third-order valence-corrected chi connectivity index (χ3v) is 3.02. The second kappa shape index (κ2) is 4.61. The minimum atomic E-state index is -0.351. The Morgan fingerprint density at radius 2 is 1.78 bits per heavy atom. The van der Waals surface area contributed by atoms with Crippen molar-refractivity contribution in [2.45, 2.75) is 13.8 Å². The van der Waals surface area contributed by atoms with Crippen LogP contribution in [0.15, 0.2) is 30.3 Å². The van der Waals surface area contributed by atoms with Gasteiger partial charge in [0.2, 0.25) is 0 Å². The smallest absolute Gasteiger partial charge is 0.150 e. The van der Waals surface area contributed by atoms with Crippen LogP contribution in [0.1, 0.15) is 21.5 Å². The molecule has 92 valence electrons. The predicted molar refractivity (Wildman–Crippen MR) is 71.1 cm³/mol. The normalized spacial score (nSPS) is 10.4. The zero-order valence-corrected chi connectivity index (χ0v) is 10.3. The number of hydrogen-bond donors (Lipinski definition) is 1. The number of carbonyl (C=O) groups excluding carboxylic acids is 1. The van der Waals surface area contributed by atoms with Crippen LogP contribution in [0, 0.1) is 19.7 Å². The van der Waals surface area contributed by atoms with E-state index in [0.717, 1.165) is 23.0 Å². The molecule has 0 spiro atoms. The van der Waals surface area contributed by atoms with Gasteiger partial charge >= 0.3 is 0 Å². The van der Waals surface area contributed by atoms with Crippen molar-refractivity contribution in [1.82, 2.24) is 0 Å². The van der Waals surface area contributed by atoms with Crippen LogP contribution < -0.4 is 5.73 Å². The number of aryl methyl sites for hydroxylation is 2. The number of benzene rings is 2. The zero-order chi connectivity index (χ0) is 13.3. The zero-order valence-electron chi connectivity index (χ0n) is 10.3. The van der Waals surface area contributed by atoms with Gasteiger partial charge in [0.05, 0.1) is 0 Å². The minimum Gasteiger partial charge on any atom is -0.399 e. The number of nitrogens with two attached hydrogens (primary N) is 1. The topological polar surface area (TPSA) is 43.1 Å². The van der Waals surface area contributed by atoms with Gasteiger partial charge in [-0.15, -0.1) is 0 Å². The maximum Gasteiger partial charge on any atom is 0.150 e. The second-order valence-electron chi connectivity index (χ2n) is 4.38. The number of carbonyl (C=O) groups is 1. The molecule has 0 radical (unpaired) electrons. The molecule has 2 aromatic rings. The van der Waals surface area contributed by atoms with Gasteiger partial charge < -0.3 is 5.73 Å². The van der Waals surface area contributed by atoms with E-state index in [1.165, 1.54) is 6.07 Å². The molecule has 0 aliphatic carbocycles. The van der Waals surface area contributed by atoms with Crippen molar-refractivity contribution in [3.63, 3.8) is 0 Å². The largest absolute Gasteiger partial charge is 0.399 e. The lowest BCUT2D eigenvalue weighted by Crippen LogP contribution is -1.95. The van der Waals surface area contributed by atoms with Crippen LogP contribution in [-0.2, 0) is 0 Å². The SMILES string of the molecule is Cc1cc(-c2ccc(N)cc2F)c(C)cc1C=O. The highest BCUT2D eigenvalue weighted by Crippen LogP contribution is 2.29. The molecular formula is C15H14FNO. The summed E-state index contributed by atoms with van der Waals surface area (Å²) in [5.74, 6) is -0.351. The Balaban J connectivity index is 2.64. The third kappa shape index (κ3) is 2.12. The first-order valence-corrected chi connectivity index (χ1v) is 5.64. The molecular weight excluding hydrogens is 229 g/mol. The summed E-state index contributed by atoms with van der Waals surface area (Å²) >= 11 is 0. The summed E-state index contributed by atoms with van der Waals surface area (Å²) in [5, 5.41) is 0. The summed E-state index contributed by atoms with van der Waals surface area (Å²) in [6.07, 6.45) is 0.811. The highest BCUT2D eigenvalue weighted by molar-refractivity contribution is 5.81. The van der Waals surface area contributed by atoms with Crippen LogP contribution in [0.3, 0.4) is 0 Å². The quantitative estimate of drug-likeness (QED) is 0.648. The Labute approximate surface area is 105 Å². The molecule has 0 aromatic heterocycles. The van der Waals surface area contributed by atoms with E-state index in [1.807, 2.05) is 19.9 Å². The molecule has 2 aromatic carbocycles. The molecule has 3 heteroatoms. The van der Waals surface area contributed by atoms with Crippen LogP contribution in [-0.4, -0.2) is 6.29 Å². The van der Waals surface area contributed by atoms with Crippen molar-refractivity contribution >= 4 is 12.0 Å². The van der Waals surface area contributed by atoms with Crippen LogP contribution in [0.4, 0.5) is 10.1 Å². The lowest BCUT2D eigenvalue weighted by molar-refractivity contribution is 0.112. The first kappa shape index (κ1) is 12.3. The maximum absolute atomic E-state index is 13.9. The van der Waals surface area contributed by atoms with Gasteiger partial charge in [-0.25, -0.2) is 4.39 Å². The van der Waals surface area contributed by atoms with E-state index in [0.29, 0.717) is 16.8 Å². The minimum absolute atomic E-state index is 0.351. The fourth-order valence-corrected chi connectivity index (χ4v) is 2.01. The standard InChI is InChI=1S/C15H14FNO/c1-9-6-14(10(2)5-11(9)8-18)13-4-3-12(17)7-15(13)16/h3-8H,17H2,1-2H3. The molecule has 0 bridgehead atoms. The van der Waals surface area contributed by atoms with Crippen molar-refractivity contribution in [3.8, 4) is 11.1 Å². The van der Waals surface area contributed by atoms with Gasteiger partial charge in [-0.1, -0.05) is 6.07 Å². The Kier molecular flexibility index (Phi) is 3.15. The van der Waals surface area contributed by atoms with E-state index in [4.69, 9.17) is 5.73 Å². The molecule has 2 nitrogen and oxygen atoms in total. The van der Waals surface area contributed by atoms with E-state index >= 15 is 0 Å². The van der Waals surface area contributed by atoms with Gasteiger partial charge in [0.25, 0.3) is 0 Å². The summed E-state index contributed by atoms with van der Waals surface area (Å²) in [6.45, 7) is 3.69. The van der Waals surface area contributed by atoms with Crippen molar-refractivity contribution in [1.29, 1.82) is 0 Å². The van der Waals surface area contributed by atoms with E-state index in [1.54, 1.807) is 18.2 Å². The molecule has 0 aliphatic rings. The molecule has 0 unspecified atom stereocenters. The number of anilines is 1. The van der Waals surface area contributed by atoms with Crippen molar-refractivity contribution in [2.24, 2.45) is 0 Å². The number of aldehydes is 1. The van der Waals surface area contributed by atoms with E-state index in [9.17, 15) is 9.18 Å². The van der Waals surface area contributed by atoms with Crippen LogP contribution in [0.2, 0.25) is 0 Å². The van der Waals surface area contributed by atoms with E-state index in [2.05, 4.69) is 0 Å². The fourth-order valence-electron chi connectivity index (χ4n) is 2.01. The maximum atomic E-state index is 13.9. The summed E-state index contributed by atoms with van der Waals surface area (Å²) in [4.78, 5) is 10.8. The summed E-state index contributed by atoms with van der Waals surface area (Å²) in [6, 6.07) is 8.23. The van der Waals surface area contributed by atoms with Gasteiger partial charge in [-0.3, -0.25) is 4.79 Å². The number of rotatable bonds is 2. The number of nitrogen functional groups attached to an aromatic ring is 1. The lowest BCUT2D eigenvalue weighted by atomic mass is 9.95. The molecule has 0 saturated heterocycles. The summed E-state index contributed by atoms with van der Waals surface area (Å²) < 4.78 is 13.9. The van der Waals surface area contributed by atoms with Gasteiger partial charge in [-0.2, -0.15) is 0 Å². The molecule has 0 fully saturated rings. The molecule has 0 heterocycles. The van der Waals surface area contributed by atoms with Crippen LogP contribution in [0.5, 0.6) is 0 Å². The Morgan fingerprint density at radius 3 is 2.39 bits per heavy atom. The van der Waals surface area contributed by atoms with Gasteiger partial charge in [-0.05, 0) is 54.8 Å². The average Bonchev–Trinajstić information content (AvgIpc) is 2.32. The Morgan fingerprint density at radius 1 is 1.06 bits per heavy atom. The van der Waals surface area contributed by atoms with Crippen molar-refractivity contribution < 1.29 is 9.18 Å². The highest BCUT2D eigenvalue weighted by atomic mass is 19.1. The predicted octanol–water partition coefficient (Wildman–Crippen LogP) is 3.50. The van der Waals surface area contributed by atoms with Gasteiger partial charge in [0.1, 0.15) is 12.1 Å². The lowest BCUT2D eigenvalue weighted by Gasteiger charge is -2.10. The van der Waals surface area contributed by atoms with Gasteiger partial charge in [0, 0.05) is 16.8 Å². The Hall–Kier alpha value is -2.16. The summed E-state index contributed by atoms with van der Waals surface area (Å²) in [5.41, 5.74) is 9.55. The molecule has 2 N–H and O–H groups in total. The molecule has 2 rings (SSSR count). The highest BCUT2D eigenvalue weighted by Gasteiger charge is 2.10. The van der Waals surface area contributed by atoms with E-state index in [-0.39, 0.29) is 5.82 Å². The molecule has 18 heavy (non-hydrogen) atoms. The fraction of sp³-hybridized carbons (Fsp3) is 0.133. The molecule has 0 aliphatic heterocycles. The molecule has 0 atom stereocenters. The second-order valence-corrected chi connectivity index (χ2v) is 4.38. The van der Waals surface area contributed by atoms with Crippen LogP contribution in [0.25, 0.3) is 11.1 Å². The molecule has 0 amide bonds. The first-order valence-electron chi connectivity index (χ1n) is 5.64. The Bertz CT molecular complexity index is 620. The number of halogens is 1. The average molecular weight is 243 g/mol. The van der Waals surface area contributed by atoms with Gasteiger partial charge in [0.15, 0.2) is 0 Å². The van der Waals surface area contributed by atoms with Crippen LogP contribution >= 0.6 is 0 Å². The van der Waals surface area contributed by atoms with Crippen molar-refractivity contribution in [3.05, 3.63) is 52.8 Å². The molecule has 0 saturated carbocycles. The summed E-state index contributed by atoms with van der Waals surface area (Å²) in [7, 11) is 0. The van der Waals surface area contributed by atoms with E-state index < -0.39 is 0 Å². The monoisotopic (exact) mass is 243 g/mol. The van der Waals surface area contributed by atoms with Crippen molar-refractivity contribution in [2.75, 3.05) is 5.73 Å². The first-order chi connectivity index (χ1) is 8.52. The third-order valence-electron chi connectivity index (χ3n) is 3.02.